The van der Waals surface area contributed by atoms with E-state index in [9.17, 15) is 0 Å². The summed E-state index contributed by atoms with van der Waals surface area (Å²) in [5, 5.41) is 0. The first-order chi connectivity index (χ1) is 5.41. The summed E-state index contributed by atoms with van der Waals surface area (Å²) in [7, 11) is 0. The lowest BCUT2D eigenvalue weighted by molar-refractivity contribution is 0.604. The second-order valence-corrected chi connectivity index (χ2v) is 4.10. The van der Waals surface area contributed by atoms with Gasteiger partial charge in [-0.05, 0) is 18.4 Å². The van der Waals surface area contributed by atoms with E-state index >= 15 is 0 Å². The van der Waals surface area contributed by atoms with E-state index in [2.05, 4.69) is 13.2 Å². The Morgan fingerprint density at radius 1 is 0.818 bits per heavy atom. The molecule has 0 aliphatic rings. The van der Waals surface area contributed by atoms with Crippen molar-refractivity contribution in [2.75, 3.05) is 12.0 Å². The maximum Gasteiger partial charge on any atom is -0.00703 e. The third-order valence-corrected chi connectivity index (χ3v) is 2.65. The zero-order chi connectivity index (χ0) is 8.36. The van der Waals surface area contributed by atoms with Crippen LogP contribution in [0, 0.1) is 0 Å². The molecule has 0 bridgehead atoms. The average molecular weight is 174 g/mol. The van der Waals surface area contributed by atoms with E-state index in [-0.39, 0.29) is 0 Å². The van der Waals surface area contributed by atoms with E-state index in [0.717, 1.165) is 0 Å². The monoisotopic (exact) mass is 174 g/mol. The molecule has 0 aliphatic carbocycles. The molecule has 0 fully saturated rings. The zero-order valence-electron chi connectivity index (χ0n) is 8.07. The van der Waals surface area contributed by atoms with Crippen molar-refractivity contribution in [1.82, 2.24) is 0 Å². The van der Waals surface area contributed by atoms with Gasteiger partial charge in [-0.3, -0.25) is 0 Å². The fourth-order valence-corrected chi connectivity index (χ4v) is 1.70. The van der Waals surface area contributed by atoms with Crippen LogP contribution < -0.4 is 0 Å². The predicted molar refractivity (Wildman–Crippen MR) is 56.4 cm³/mol. The summed E-state index contributed by atoms with van der Waals surface area (Å²) in [6.07, 6.45) is 12.2. The minimum Gasteiger partial charge on any atom is -0.165 e. The zero-order valence-corrected chi connectivity index (χ0v) is 8.88. The van der Waals surface area contributed by atoms with Crippen molar-refractivity contribution in [1.29, 1.82) is 0 Å². The number of rotatable bonds is 8. The molecule has 1 heteroatoms. The van der Waals surface area contributed by atoms with Gasteiger partial charge in [0.1, 0.15) is 0 Å². The van der Waals surface area contributed by atoms with Crippen LogP contribution in [-0.4, -0.2) is 12.0 Å². The van der Waals surface area contributed by atoms with Crippen LogP contribution in [0.3, 0.4) is 0 Å². The molecule has 0 aromatic heterocycles. The van der Waals surface area contributed by atoms with Crippen molar-refractivity contribution in [2.24, 2.45) is 0 Å². The summed E-state index contributed by atoms with van der Waals surface area (Å²) in [6.45, 7) is 2.27. The smallest absolute Gasteiger partial charge is 0.00703 e. The molecule has 0 saturated heterocycles. The lowest BCUT2D eigenvalue weighted by Crippen LogP contribution is -1.81. The molecule has 0 aromatic rings. The molecule has 0 aliphatic heterocycles. The molecule has 0 N–H and O–H groups in total. The van der Waals surface area contributed by atoms with Gasteiger partial charge in [0, 0.05) is 0 Å². The van der Waals surface area contributed by atoms with Crippen molar-refractivity contribution in [3.05, 3.63) is 0 Å². The first-order valence-electron chi connectivity index (χ1n) is 4.90. The molecule has 0 saturated carbocycles. The fourth-order valence-electron chi connectivity index (χ4n) is 1.20. The molecule has 0 nitrogen and oxygen atoms in total. The highest BCUT2D eigenvalue weighted by Crippen LogP contribution is 2.08. The molecule has 0 rings (SSSR count). The summed E-state index contributed by atoms with van der Waals surface area (Å²) in [4.78, 5) is 0. The van der Waals surface area contributed by atoms with Crippen molar-refractivity contribution in [3.63, 3.8) is 0 Å². The standard InChI is InChI=1S/C10H22S/c1-3-4-5-6-7-8-9-10-11-2/h3-10H2,1-2H3. The predicted octanol–water partition coefficient (Wildman–Crippen LogP) is 4.10. The van der Waals surface area contributed by atoms with E-state index in [0.29, 0.717) is 0 Å². The molecule has 11 heavy (non-hydrogen) atoms. The highest BCUT2D eigenvalue weighted by molar-refractivity contribution is 7.98. The summed E-state index contributed by atoms with van der Waals surface area (Å²) in [6, 6.07) is 0. The van der Waals surface area contributed by atoms with Gasteiger partial charge in [-0.25, -0.2) is 0 Å². The average Bonchev–Trinajstić information content (AvgIpc) is 2.03. The van der Waals surface area contributed by atoms with Crippen LogP contribution in [0.4, 0.5) is 0 Å². The first-order valence-corrected chi connectivity index (χ1v) is 6.30. The van der Waals surface area contributed by atoms with Gasteiger partial charge < -0.3 is 0 Å². The first kappa shape index (κ1) is 11.4. The van der Waals surface area contributed by atoms with Gasteiger partial charge in [0.05, 0.1) is 0 Å². The Balaban J connectivity index is 2.69. The third-order valence-electron chi connectivity index (χ3n) is 1.95. The summed E-state index contributed by atoms with van der Waals surface area (Å²) in [5.74, 6) is 1.35. The SMILES string of the molecule is CCCCCCCCCSC. The van der Waals surface area contributed by atoms with Crippen LogP contribution in [0.15, 0.2) is 0 Å². The van der Waals surface area contributed by atoms with Crippen LogP contribution in [-0.2, 0) is 0 Å². The minimum atomic E-state index is 1.35. The molecule has 68 valence electrons. The molecular weight excluding hydrogens is 152 g/mol. The van der Waals surface area contributed by atoms with Crippen LogP contribution in [0.25, 0.3) is 0 Å². The van der Waals surface area contributed by atoms with Crippen molar-refractivity contribution >= 4 is 11.8 Å². The van der Waals surface area contributed by atoms with E-state index in [1.807, 2.05) is 11.8 Å². The third kappa shape index (κ3) is 10.4. The summed E-state index contributed by atoms with van der Waals surface area (Å²) in [5.41, 5.74) is 0. The van der Waals surface area contributed by atoms with Gasteiger partial charge in [0.25, 0.3) is 0 Å². The number of thioether (sulfide) groups is 1. The molecular formula is C10H22S. The Hall–Kier alpha value is 0.350. The number of hydrogen-bond acceptors (Lipinski definition) is 1. The van der Waals surface area contributed by atoms with Gasteiger partial charge in [-0.2, -0.15) is 11.8 Å². The van der Waals surface area contributed by atoms with Crippen LogP contribution in [0.5, 0.6) is 0 Å². The molecule has 0 spiro atoms. The normalized spacial score (nSPS) is 10.4. The Morgan fingerprint density at radius 2 is 1.36 bits per heavy atom. The molecule has 0 atom stereocenters. The second kappa shape index (κ2) is 10.3. The number of hydrogen-bond donors (Lipinski definition) is 0. The minimum absolute atomic E-state index is 1.35. The Bertz CT molecular complexity index is 53.9. The maximum atomic E-state index is 2.27. The molecule has 0 heterocycles. The number of unbranched alkanes of at least 4 members (excludes halogenated alkanes) is 6. The second-order valence-electron chi connectivity index (χ2n) is 3.11. The summed E-state index contributed by atoms with van der Waals surface area (Å²) < 4.78 is 0. The molecule has 0 aromatic carbocycles. The lowest BCUT2D eigenvalue weighted by Gasteiger charge is -1.98. The van der Waals surface area contributed by atoms with E-state index in [1.54, 1.807) is 0 Å². The van der Waals surface area contributed by atoms with E-state index in [4.69, 9.17) is 0 Å². The van der Waals surface area contributed by atoms with Crippen molar-refractivity contribution in [3.8, 4) is 0 Å². The molecule has 0 amide bonds. The van der Waals surface area contributed by atoms with Gasteiger partial charge in [-0.15, -0.1) is 0 Å². The van der Waals surface area contributed by atoms with Crippen molar-refractivity contribution in [2.45, 2.75) is 51.9 Å². The molecule has 0 radical (unpaired) electrons. The van der Waals surface area contributed by atoms with Gasteiger partial charge >= 0.3 is 0 Å². The summed E-state index contributed by atoms with van der Waals surface area (Å²) >= 11 is 1.97. The Labute approximate surface area is 76.1 Å². The van der Waals surface area contributed by atoms with E-state index in [1.165, 1.54) is 50.7 Å². The van der Waals surface area contributed by atoms with Crippen molar-refractivity contribution < 1.29 is 0 Å². The lowest BCUT2D eigenvalue weighted by atomic mass is 10.1. The van der Waals surface area contributed by atoms with Crippen LogP contribution in [0.1, 0.15) is 51.9 Å². The maximum absolute atomic E-state index is 2.27. The quantitative estimate of drug-likeness (QED) is 0.499. The van der Waals surface area contributed by atoms with E-state index < -0.39 is 0 Å². The van der Waals surface area contributed by atoms with Gasteiger partial charge in [0.2, 0.25) is 0 Å². The van der Waals surface area contributed by atoms with Crippen LogP contribution in [0.2, 0.25) is 0 Å². The molecule has 0 unspecified atom stereocenters. The Kier molecular flexibility index (Phi) is 10.7. The Morgan fingerprint density at radius 3 is 1.91 bits per heavy atom. The highest BCUT2D eigenvalue weighted by atomic mass is 32.2. The fraction of sp³-hybridized carbons (Fsp3) is 1.00. The largest absolute Gasteiger partial charge is 0.165 e. The van der Waals surface area contributed by atoms with Gasteiger partial charge in [0.15, 0.2) is 0 Å². The highest BCUT2D eigenvalue weighted by Gasteiger charge is 1.89. The van der Waals surface area contributed by atoms with Crippen LogP contribution >= 0.6 is 11.8 Å². The topological polar surface area (TPSA) is 0 Å². The van der Waals surface area contributed by atoms with Gasteiger partial charge in [-0.1, -0.05) is 45.4 Å².